The molecule has 2 fully saturated rings. The van der Waals surface area contributed by atoms with Gasteiger partial charge in [-0.25, -0.2) is 8.42 Å². The molecule has 1 aromatic carbocycles. The molecule has 0 saturated carbocycles. The minimum atomic E-state index is -3.38. The third-order valence-electron chi connectivity index (χ3n) is 5.35. The zero-order valence-electron chi connectivity index (χ0n) is 15.9. The first-order valence-corrected chi connectivity index (χ1v) is 11.0. The number of benzene rings is 1. The van der Waals surface area contributed by atoms with Crippen LogP contribution in [0.3, 0.4) is 0 Å². The fourth-order valence-corrected chi connectivity index (χ4v) is 4.90. The van der Waals surface area contributed by atoms with Gasteiger partial charge in [-0.2, -0.15) is 4.31 Å². The van der Waals surface area contributed by atoms with Crippen molar-refractivity contribution < 1.29 is 13.2 Å². The first-order chi connectivity index (χ1) is 12.5. The quantitative estimate of drug-likeness (QED) is 0.747. The van der Waals surface area contributed by atoms with E-state index in [2.05, 4.69) is 23.6 Å². The normalized spacial score (nSPS) is 21.3. The monoisotopic (exact) mass is 381 g/mol. The minimum absolute atomic E-state index is 0.404. The lowest BCUT2D eigenvalue weighted by Gasteiger charge is -2.35. The van der Waals surface area contributed by atoms with Crippen LogP contribution in [0.4, 0.5) is 0 Å². The summed E-state index contributed by atoms with van der Waals surface area (Å²) in [5.74, 6) is 0.404. The molecule has 0 amide bonds. The molecule has 1 aromatic rings. The molecular weight excluding hydrogens is 350 g/mol. The van der Waals surface area contributed by atoms with Crippen molar-refractivity contribution in [2.75, 3.05) is 65.6 Å². The van der Waals surface area contributed by atoms with E-state index in [0.717, 1.165) is 58.0 Å². The Balaban J connectivity index is 1.51. The highest BCUT2D eigenvalue weighted by molar-refractivity contribution is 7.89. The Bertz CT molecular complexity index is 662. The molecule has 0 unspecified atom stereocenters. The van der Waals surface area contributed by atoms with Crippen molar-refractivity contribution in [3.63, 3.8) is 0 Å². The van der Waals surface area contributed by atoms with Gasteiger partial charge in [0.1, 0.15) is 0 Å². The zero-order valence-corrected chi connectivity index (χ0v) is 16.7. The molecule has 7 heteroatoms. The molecule has 2 heterocycles. The Hall–Kier alpha value is -0.990. The van der Waals surface area contributed by atoms with Crippen LogP contribution in [0, 0.1) is 0 Å². The van der Waals surface area contributed by atoms with Crippen LogP contribution in [0.25, 0.3) is 0 Å². The number of piperazine rings is 1. The molecule has 0 N–H and O–H groups in total. The van der Waals surface area contributed by atoms with E-state index in [1.54, 1.807) is 16.4 Å². The maximum Gasteiger partial charge on any atom is 0.243 e. The predicted molar refractivity (Wildman–Crippen MR) is 103 cm³/mol. The molecule has 146 valence electrons. The average Bonchev–Trinajstić information content (AvgIpc) is 2.67. The summed E-state index contributed by atoms with van der Waals surface area (Å²) >= 11 is 0. The van der Waals surface area contributed by atoms with Crippen LogP contribution in [0.15, 0.2) is 29.2 Å². The SMILES string of the molecule is CC(C)c1ccc(S(=O)(=O)N2CCN(CCN3CCOCC3)CC2)cc1. The van der Waals surface area contributed by atoms with E-state index in [0.29, 0.717) is 23.9 Å². The molecule has 0 radical (unpaired) electrons. The van der Waals surface area contributed by atoms with Crippen molar-refractivity contribution in [3.8, 4) is 0 Å². The third kappa shape index (κ3) is 4.84. The van der Waals surface area contributed by atoms with Gasteiger partial charge in [0.15, 0.2) is 0 Å². The molecular formula is C19H31N3O3S. The van der Waals surface area contributed by atoms with Gasteiger partial charge < -0.3 is 4.74 Å². The summed E-state index contributed by atoms with van der Waals surface area (Å²) in [6.45, 7) is 12.6. The van der Waals surface area contributed by atoms with Crippen molar-refractivity contribution in [1.82, 2.24) is 14.1 Å². The second-order valence-corrected chi connectivity index (χ2v) is 9.36. The first-order valence-electron chi connectivity index (χ1n) is 9.59. The van der Waals surface area contributed by atoms with Crippen LogP contribution in [0.1, 0.15) is 25.3 Å². The maximum atomic E-state index is 12.9. The van der Waals surface area contributed by atoms with Crippen molar-refractivity contribution in [2.45, 2.75) is 24.7 Å². The molecule has 6 nitrogen and oxygen atoms in total. The summed E-state index contributed by atoms with van der Waals surface area (Å²) in [4.78, 5) is 5.19. The minimum Gasteiger partial charge on any atom is -0.379 e. The van der Waals surface area contributed by atoms with Gasteiger partial charge in [0.2, 0.25) is 10.0 Å². The lowest BCUT2D eigenvalue weighted by atomic mass is 10.0. The van der Waals surface area contributed by atoms with Gasteiger partial charge in [-0.05, 0) is 23.6 Å². The van der Waals surface area contributed by atoms with E-state index in [4.69, 9.17) is 4.74 Å². The van der Waals surface area contributed by atoms with Gasteiger partial charge in [0.25, 0.3) is 0 Å². The zero-order chi connectivity index (χ0) is 18.6. The highest BCUT2D eigenvalue weighted by Gasteiger charge is 2.28. The topological polar surface area (TPSA) is 53.1 Å². The number of rotatable bonds is 6. The van der Waals surface area contributed by atoms with Crippen molar-refractivity contribution in [1.29, 1.82) is 0 Å². The molecule has 0 aliphatic carbocycles. The van der Waals surface area contributed by atoms with E-state index in [1.807, 2.05) is 12.1 Å². The number of nitrogens with zero attached hydrogens (tertiary/aromatic N) is 3. The molecule has 2 aliphatic heterocycles. The van der Waals surface area contributed by atoms with E-state index < -0.39 is 10.0 Å². The number of ether oxygens (including phenoxy) is 1. The fraction of sp³-hybridized carbons (Fsp3) is 0.684. The highest BCUT2D eigenvalue weighted by Crippen LogP contribution is 2.21. The lowest BCUT2D eigenvalue weighted by molar-refractivity contribution is 0.0317. The standard InChI is InChI=1S/C19H31N3O3S/c1-17(2)18-3-5-19(6-4-18)26(23,24)22-11-9-20(10-12-22)7-8-21-13-15-25-16-14-21/h3-6,17H,7-16H2,1-2H3. The summed E-state index contributed by atoms with van der Waals surface area (Å²) < 4.78 is 32.7. The van der Waals surface area contributed by atoms with Crippen LogP contribution in [0.5, 0.6) is 0 Å². The van der Waals surface area contributed by atoms with E-state index in [9.17, 15) is 8.42 Å². The predicted octanol–water partition coefficient (Wildman–Crippen LogP) is 1.45. The van der Waals surface area contributed by atoms with E-state index >= 15 is 0 Å². The number of sulfonamides is 1. The van der Waals surface area contributed by atoms with Gasteiger partial charge >= 0.3 is 0 Å². The molecule has 3 rings (SSSR count). The first kappa shape index (κ1) is 19.8. The van der Waals surface area contributed by atoms with Crippen molar-refractivity contribution in [2.24, 2.45) is 0 Å². The second kappa shape index (κ2) is 8.80. The Morgan fingerprint density at radius 3 is 1.96 bits per heavy atom. The van der Waals surface area contributed by atoms with E-state index in [-0.39, 0.29) is 0 Å². The Morgan fingerprint density at radius 1 is 0.885 bits per heavy atom. The van der Waals surface area contributed by atoms with Gasteiger partial charge in [-0.15, -0.1) is 0 Å². The largest absolute Gasteiger partial charge is 0.379 e. The van der Waals surface area contributed by atoms with Crippen molar-refractivity contribution >= 4 is 10.0 Å². The Morgan fingerprint density at radius 2 is 1.42 bits per heavy atom. The van der Waals surface area contributed by atoms with Gasteiger partial charge in [0.05, 0.1) is 18.1 Å². The van der Waals surface area contributed by atoms with Gasteiger partial charge in [0, 0.05) is 52.4 Å². The number of hydrogen-bond donors (Lipinski definition) is 0. The fourth-order valence-electron chi connectivity index (χ4n) is 3.47. The smallest absolute Gasteiger partial charge is 0.243 e. The summed E-state index contributed by atoms with van der Waals surface area (Å²) in [5, 5.41) is 0. The number of morpholine rings is 1. The van der Waals surface area contributed by atoms with Crippen LogP contribution in [0.2, 0.25) is 0 Å². The van der Waals surface area contributed by atoms with Crippen molar-refractivity contribution in [3.05, 3.63) is 29.8 Å². The van der Waals surface area contributed by atoms with Crippen LogP contribution in [-0.2, 0) is 14.8 Å². The molecule has 2 aliphatic rings. The molecule has 0 spiro atoms. The van der Waals surface area contributed by atoms with Crippen LogP contribution >= 0.6 is 0 Å². The van der Waals surface area contributed by atoms with Gasteiger partial charge in [-0.1, -0.05) is 26.0 Å². The second-order valence-electron chi connectivity index (χ2n) is 7.42. The molecule has 0 aromatic heterocycles. The van der Waals surface area contributed by atoms with Crippen LogP contribution in [-0.4, -0.2) is 88.1 Å². The summed E-state index contributed by atoms with van der Waals surface area (Å²) in [6.07, 6.45) is 0. The highest BCUT2D eigenvalue weighted by atomic mass is 32.2. The lowest BCUT2D eigenvalue weighted by Crippen LogP contribution is -2.50. The summed E-state index contributed by atoms with van der Waals surface area (Å²) in [7, 11) is -3.38. The van der Waals surface area contributed by atoms with Crippen LogP contribution < -0.4 is 0 Å². The van der Waals surface area contributed by atoms with E-state index in [1.165, 1.54) is 0 Å². The Labute approximate surface area is 157 Å². The average molecular weight is 382 g/mol. The van der Waals surface area contributed by atoms with Gasteiger partial charge in [-0.3, -0.25) is 9.80 Å². The molecule has 26 heavy (non-hydrogen) atoms. The summed E-state index contributed by atoms with van der Waals surface area (Å²) in [6, 6.07) is 7.34. The Kier molecular flexibility index (Phi) is 6.69. The number of hydrogen-bond acceptors (Lipinski definition) is 5. The third-order valence-corrected chi connectivity index (χ3v) is 7.26. The summed E-state index contributed by atoms with van der Waals surface area (Å²) in [5.41, 5.74) is 1.16. The maximum absolute atomic E-state index is 12.9. The molecule has 2 saturated heterocycles. The molecule has 0 bridgehead atoms. The molecule has 0 atom stereocenters.